The Hall–Kier alpha value is -1.96. The van der Waals surface area contributed by atoms with Crippen LogP contribution in [0.2, 0.25) is 0 Å². The van der Waals surface area contributed by atoms with Crippen molar-refractivity contribution in [2.75, 3.05) is 6.61 Å². The van der Waals surface area contributed by atoms with E-state index in [1.54, 1.807) is 26.0 Å². The van der Waals surface area contributed by atoms with Gasteiger partial charge in [-0.05, 0) is 88.4 Å². The molecule has 9 heteroatoms. The zero-order valence-electron chi connectivity index (χ0n) is 15.4. The minimum atomic E-state index is -0.533. The van der Waals surface area contributed by atoms with Crippen molar-refractivity contribution in [1.82, 2.24) is 0 Å². The van der Waals surface area contributed by atoms with E-state index in [1.807, 2.05) is 57.3 Å². The summed E-state index contributed by atoms with van der Waals surface area (Å²) >= 11 is 4.98. The predicted octanol–water partition coefficient (Wildman–Crippen LogP) is 4.74. The van der Waals surface area contributed by atoms with Crippen LogP contribution in [-0.4, -0.2) is 23.5 Å². The number of ether oxygens (including phenoxy) is 1. The molecule has 1 aromatic heterocycles. The molecule has 0 atom stereocenters. The number of phenolic OH excluding ortho intramolecular Hbond substituents is 1. The lowest BCUT2D eigenvalue weighted by molar-refractivity contribution is -0.114. The Bertz CT molecular complexity index is 1080. The molecule has 29 heavy (non-hydrogen) atoms. The summed E-state index contributed by atoms with van der Waals surface area (Å²) in [6.07, 6.45) is 1.28. The van der Waals surface area contributed by atoms with Crippen LogP contribution in [0.5, 0.6) is 5.75 Å². The van der Waals surface area contributed by atoms with E-state index in [9.17, 15) is 25.2 Å². The number of benzene rings is 1. The third kappa shape index (κ3) is 5.35. The molecule has 0 aliphatic carbocycles. The average Bonchev–Trinajstić information content (AvgIpc) is 2.99. The van der Waals surface area contributed by atoms with Gasteiger partial charge in [0, 0.05) is 11.3 Å². The standard InChI is InChI=1S/C20H14I2N2O4S/c1-3-28-20(27)19-10(2)13(9-24)17(29-19)7-16(25)12(8-23)4-11-5-14(21)18(26)15(22)6-11/h4-6,26H,3,7H2,1-2H3/b12-4+. The number of ketones is 1. The fourth-order valence-corrected chi connectivity index (χ4v) is 5.45. The van der Waals surface area contributed by atoms with Gasteiger partial charge in [0.2, 0.25) is 0 Å². The highest BCUT2D eigenvalue weighted by Crippen LogP contribution is 2.31. The summed E-state index contributed by atoms with van der Waals surface area (Å²) < 4.78 is 6.20. The molecule has 0 fully saturated rings. The zero-order valence-corrected chi connectivity index (χ0v) is 20.5. The molecule has 0 spiro atoms. The van der Waals surface area contributed by atoms with Gasteiger partial charge in [0.25, 0.3) is 0 Å². The Labute approximate surface area is 199 Å². The molecule has 1 N–H and O–H groups in total. The molecule has 1 heterocycles. The van der Waals surface area contributed by atoms with E-state index in [0.717, 1.165) is 11.3 Å². The Morgan fingerprint density at radius 2 is 1.90 bits per heavy atom. The summed E-state index contributed by atoms with van der Waals surface area (Å²) in [6, 6.07) is 7.26. The first kappa shape index (κ1) is 23.3. The number of phenols is 1. The number of esters is 1. The number of aromatic hydroxyl groups is 1. The van der Waals surface area contributed by atoms with Crippen molar-refractivity contribution in [1.29, 1.82) is 10.5 Å². The van der Waals surface area contributed by atoms with Gasteiger partial charge in [-0.25, -0.2) is 4.79 Å². The number of thiophene rings is 1. The zero-order chi connectivity index (χ0) is 21.7. The molecule has 2 rings (SSSR count). The number of carbonyl (C=O) groups is 2. The first-order valence-electron chi connectivity index (χ1n) is 8.25. The van der Waals surface area contributed by atoms with Gasteiger partial charge in [0.05, 0.1) is 24.9 Å². The normalized spacial score (nSPS) is 10.9. The topological polar surface area (TPSA) is 111 Å². The van der Waals surface area contributed by atoms with E-state index in [-0.39, 0.29) is 34.8 Å². The maximum absolute atomic E-state index is 12.7. The smallest absolute Gasteiger partial charge is 0.348 e. The van der Waals surface area contributed by atoms with E-state index in [4.69, 9.17) is 4.74 Å². The van der Waals surface area contributed by atoms with Crippen LogP contribution < -0.4 is 0 Å². The van der Waals surface area contributed by atoms with Gasteiger partial charge in [-0.2, -0.15) is 10.5 Å². The Balaban J connectivity index is 2.38. The summed E-state index contributed by atoms with van der Waals surface area (Å²) in [6.45, 7) is 3.53. The summed E-state index contributed by atoms with van der Waals surface area (Å²) in [5.74, 6) is -0.847. The predicted molar refractivity (Wildman–Crippen MR) is 126 cm³/mol. The fraction of sp³-hybridized carbons (Fsp3) is 0.200. The van der Waals surface area contributed by atoms with E-state index < -0.39 is 11.8 Å². The lowest BCUT2D eigenvalue weighted by Crippen LogP contribution is -2.05. The van der Waals surface area contributed by atoms with Crippen LogP contribution in [0.15, 0.2) is 17.7 Å². The van der Waals surface area contributed by atoms with E-state index in [1.165, 1.54) is 6.08 Å². The highest BCUT2D eigenvalue weighted by Gasteiger charge is 2.23. The highest BCUT2D eigenvalue weighted by atomic mass is 127. The molecule has 0 bridgehead atoms. The highest BCUT2D eigenvalue weighted by molar-refractivity contribution is 14.1. The number of nitrogens with zero attached hydrogens (tertiary/aromatic N) is 2. The summed E-state index contributed by atoms with van der Waals surface area (Å²) in [5.41, 5.74) is 1.27. The molecule has 0 unspecified atom stereocenters. The maximum atomic E-state index is 12.7. The number of Topliss-reactive ketones (excluding diaryl/α,β-unsaturated/α-hetero) is 1. The Morgan fingerprint density at radius 1 is 1.28 bits per heavy atom. The van der Waals surface area contributed by atoms with Gasteiger partial charge in [0.15, 0.2) is 5.78 Å². The second-order valence-corrected chi connectivity index (χ2v) is 9.22. The molecular weight excluding hydrogens is 618 g/mol. The van der Waals surface area contributed by atoms with Gasteiger partial charge in [0.1, 0.15) is 22.8 Å². The van der Waals surface area contributed by atoms with Crippen LogP contribution in [0.3, 0.4) is 0 Å². The van der Waals surface area contributed by atoms with Gasteiger partial charge in [-0.1, -0.05) is 0 Å². The Kier molecular flexibility index (Phi) is 8.19. The van der Waals surface area contributed by atoms with Crippen molar-refractivity contribution >= 4 is 74.3 Å². The third-order valence-electron chi connectivity index (χ3n) is 3.88. The number of nitriles is 2. The van der Waals surface area contributed by atoms with Crippen molar-refractivity contribution < 1.29 is 19.4 Å². The number of allylic oxidation sites excluding steroid dienone is 1. The molecule has 0 amide bonds. The molecule has 2 aromatic rings. The second kappa shape index (κ2) is 10.2. The fourth-order valence-electron chi connectivity index (χ4n) is 2.49. The van der Waals surface area contributed by atoms with Crippen LogP contribution in [0.1, 0.15) is 38.2 Å². The van der Waals surface area contributed by atoms with Gasteiger partial charge in [-0.15, -0.1) is 11.3 Å². The largest absolute Gasteiger partial charge is 0.506 e. The quantitative estimate of drug-likeness (QED) is 0.213. The monoisotopic (exact) mass is 632 g/mol. The number of hydrogen-bond donors (Lipinski definition) is 1. The minimum Gasteiger partial charge on any atom is -0.506 e. The van der Waals surface area contributed by atoms with E-state index in [0.29, 0.717) is 23.1 Å². The lowest BCUT2D eigenvalue weighted by atomic mass is 10.0. The minimum absolute atomic E-state index is 0.0742. The van der Waals surface area contributed by atoms with Gasteiger partial charge in [-0.3, -0.25) is 4.79 Å². The number of rotatable bonds is 6. The first-order valence-corrected chi connectivity index (χ1v) is 11.2. The SMILES string of the molecule is CCOC(=O)c1sc(CC(=O)/C(C#N)=C/c2cc(I)c(O)c(I)c2)c(C#N)c1C. The van der Waals surface area contributed by atoms with Crippen LogP contribution >= 0.6 is 56.5 Å². The van der Waals surface area contributed by atoms with Crippen molar-refractivity contribution in [3.05, 3.63) is 51.3 Å². The van der Waals surface area contributed by atoms with E-state index >= 15 is 0 Å². The molecule has 1 aromatic carbocycles. The molecule has 148 valence electrons. The summed E-state index contributed by atoms with van der Waals surface area (Å²) in [7, 11) is 0. The number of halogens is 2. The van der Waals surface area contributed by atoms with E-state index in [2.05, 4.69) is 0 Å². The summed E-state index contributed by atoms with van der Waals surface area (Å²) in [4.78, 5) is 25.5. The molecule has 0 aliphatic heterocycles. The molecule has 0 saturated carbocycles. The second-order valence-electron chi connectivity index (χ2n) is 5.79. The van der Waals surface area contributed by atoms with Crippen LogP contribution in [0, 0.1) is 36.7 Å². The Morgan fingerprint density at radius 3 is 2.41 bits per heavy atom. The van der Waals surface area contributed by atoms with Crippen molar-refractivity contribution in [2.45, 2.75) is 20.3 Å². The van der Waals surface area contributed by atoms with Crippen LogP contribution in [0.25, 0.3) is 6.08 Å². The van der Waals surface area contributed by atoms with Gasteiger partial charge >= 0.3 is 5.97 Å². The number of carbonyl (C=O) groups excluding carboxylic acids is 2. The van der Waals surface area contributed by atoms with Crippen LogP contribution in [-0.2, 0) is 16.0 Å². The van der Waals surface area contributed by atoms with Gasteiger partial charge < -0.3 is 9.84 Å². The molecule has 0 radical (unpaired) electrons. The third-order valence-corrected chi connectivity index (χ3v) is 6.80. The molecular formula is C20H14I2N2O4S. The van der Waals surface area contributed by atoms with Crippen molar-refractivity contribution in [2.24, 2.45) is 0 Å². The number of hydrogen-bond acceptors (Lipinski definition) is 7. The molecule has 6 nitrogen and oxygen atoms in total. The average molecular weight is 632 g/mol. The lowest BCUT2D eigenvalue weighted by Gasteiger charge is -2.04. The van der Waals surface area contributed by atoms with Crippen LogP contribution in [0.4, 0.5) is 0 Å². The van der Waals surface area contributed by atoms with Crippen molar-refractivity contribution in [3.8, 4) is 17.9 Å². The molecule has 0 saturated heterocycles. The summed E-state index contributed by atoms with van der Waals surface area (Å²) in [5, 5.41) is 28.7. The molecule has 0 aliphatic rings. The first-order chi connectivity index (χ1) is 13.7. The van der Waals surface area contributed by atoms with Crippen molar-refractivity contribution in [3.63, 3.8) is 0 Å². The maximum Gasteiger partial charge on any atom is 0.348 e.